The summed E-state index contributed by atoms with van der Waals surface area (Å²) in [6, 6.07) is 0.552. The minimum atomic E-state index is 0.350. The molecule has 2 heteroatoms. The van der Waals surface area contributed by atoms with Crippen LogP contribution >= 0.6 is 0 Å². The molecule has 2 aliphatic rings. The summed E-state index contributed by atoms with van der Waals surface area (Å²) in [6.45, 7) is 6.14. The fourth-order valence-electron chi connectivity index (χ4n) is 3.61. The minimum absolute atomic E-state index is 0.350. The van der Waals surface area contributed by atoms with Crippen molar-refractivity contribution in [3.05, 3.63) is 12.7 Å². The van der Waals surface area contributed by atoms with Crippen molar-refractivity contribution < 1.29 is 4.79 Å². The van der Waals surface area contributed by atoms with E-state index in [1.54, 1.807) is 0 Å². The lowest BCUT2D eigenvalue weighted by molar-refractivity contribution is -0.127. The van der Waals surface area contributed by atoms with E-state index in [0.29, 0.717) is 17.7 Å². The molecule has 1 saturated heterocycles. The predicted octanol–water partition coefficient (Wildman–Crippen LogP) is 3.57. The number of unbranched alkanes of at least 4 members (excludes halogenated alkanes) is 1. The van der Waals surface area contributed by atoms with E-state index in [-0.39, 0.29) is 0 Å². The van der Waals surface area contributed by atoms with Crippen molar-refractivity contribution in [2.24, 2.45) is 5.92 Å². The van der Waals surface area contributed by atoms with Gasteiger partial charge in [-0.2, -0.15) is 0 Å². The third-order valence-electron chi connectivity index (χ3n) is 4.58. The average Bonchev–Trinajstić information content (AvgIpc) is 2.40. The molecule has 0 aromatic heterocycles. The average molecular weight is 249 g/mol. The normalized spacial score (nSPS) is 30.3. The summed E-state index contributed by atoms with van der Waals surface area (Å²) in [5.41, 5.74) is 0. The molecule has 1 aliphatic heterocycles. The van der Waals surface area contributed by atoms with Gasteiger partial charge in [0.05, 0.1) is 0 Å². The van der Waals surface area contributed by atoms with Gasteiger partial charge in [0.15, 0.2) is 0 Å². The molecule has 2 atom stereocenters. The Balaban J connectivity index is 1.93. The molecule has 0 spiro atoms. The maximum Gasteiger partial charge on any atom is 0.137 e. The summed E-state index contributed by atoms with van der Waals surface area (Å²) in [5.74, 6) is 0.893. The Hall–Kier alpha value is -0.630. The van der Waals surface area contributed by atoms with Crippen molar-refractivity contribution in [1.29, 1.82) is 0 Å². The van der Waals surface area contributed by atoms with E-state index in [9.17, 15) is 4.79 Å². The van der Waals surface area contributed by atoms with Crippen LogP contribution in [0.2, 0.25) is 0 Å². The second kappa shape index (κ2) is 7.08. The molecule has 1 aliphatic carbocycles. The number of hydrogen-bond donors (Lipinski definition) is 0. The summed E-state index contributed by atoms with van der Waals surface area (Å²) in [4.78, 5) is 14.7. The van der Waals surface area contributed by atoms with Crippen LogP contribution in [-0.2, 0) is 4.79 Å². The van der Waals surface area contributed by atoms with Gasteiger partial charge in [-0.05, 0) is 51.6 Å². The van der Waals surface area contributed by atoms with Crippen LogP contribution in [0.1, 0.15) is 57.8 Å². The SMILES string of the molecule is C=CCCCN1CCCCC1C1CCCCC1=O. The molecule has 0 aromatic carbocycles. The number of nitrogens with zero attached hydrogens (tertiary/aromatic N) is 1. The van der Waals surface area contributed by atoms with E-state index >= 15 is 0 Å². The Kier molecular flexibility index (Phi) is 5.43. The van der Waals surface area contributed by atoms with Crippen molar-refractivity contribution >= 4 is 5.78 Å². The lowest BCUT2D eigenvalue weighted by atomic mass is 9.79. The van der Waals surface area contributed by atoms with Crippen LogP contribution in [0.25, 0.3) is 0 Å². The topological polar surface area (TPSA) is 20.3 Å². The van der Waals surface area contributed by atoms with Gasteiger partial charge in [-0.25, -0.2) is 0 Å². The first-order chi connectivity index (χ1) is 8.83. The van der Waals surface area contributed by atoms with Crippen LogP contribution in [0.15, 0.2) is 12.7 Å². The van der Waals surface area contributed by atoms with Gasteiger partial charge >= 0.3 is 0 Å². The molecule has 0 amide bonds. The van der Waals surface area contributed by atoms with Crippen molar-refractivity contribution in [2.75, 3.05) is 13.1 Å². The molecule has 1 saturated carbocycles. The number of carbonyl (C=O) groups is 1. The van der Waals surface area contributed by atoms with Crippen LogP contribution in [-0.4, -0.2) is 29.8 Å². The highest BCUT2D eigenvalue weighted by atomic mass is 16.1. The molecule has 1 heterocycles. The largest absolute Gasteiger partial charge is 0.300 e. The second-order valence-electron chi connectivity index (χ2n) is 5.85. The van der Waals surface area contributed by atoms with Crippen molar-refractivity contribution in [3.8, 4) is 0 Å². The van der Waals surface area contributed by atoms with Crippen LogP contribution in [0, 0.1) is 5.92 Å². The van der Waals surface area contributed by atoms with Crippen molar-refractivity contribution in [1.82, 2.24) is 4.90 Å². The van der Waals surface area contributed by atoms with E-state index in [1.165, 1.54) is 38.6 Å². The van der Waals surface area contributed by atoms with Crippen LogP contribution < -0.4 is 0 Å². The molecule has 2 nitrogen and oxygen atoms in total. The van der Waals surface area contributed by atoms with Crippen molar-refractivity contribution in [3.63, 3.8) is 0 Å². The van der Waals surface area contributed by atoms with E-state index in [4.69, 9.17) is 0 Å². The van der Waals surface area contributed by atoms with Gasteiger partial charge in [-0.15, -0.1) is 6.58 Å². The van der Waals surface area contributed by atoms with Crippen LogP contribution in [0.4, 0.5) is 0 Å². The standard InChI is InChI=1S/C16H27NO/c1-2-3-7-12-17-13-8-6-10-15(17)14-9-4-5-11-16(14)18/h2,14-15H,1,3-13H2. The smallest absolute Gasteiger partial charge is 0.137 e. The Morgan fingerprint density at radius 2 is 2.06 bits per heavy atom. The Bertz CT molecular complexity index is 287. The van der Waals surface area contributed by atoms with Gasteiger partial charge in [0, 0.05) is 18.4 Å². The zero-order valence-corrected chi connectivity index (χ0v) is 11.6. The molecule has 2 rings (SSSR count). The number of Topliss-reactive ketones (excluding diaryl/α,β-unsaturated/α-hetero) is 1. The highest BCUT2D eigenvalue weighted by molar-refractivity contribution is 5.82. The molecule has 0 N–H and O–H groups in total. The lowest BCUT2D eigenvalue weighted by Crippen LogP contribution is -2.47. The summed E-state index contributed by atoms with van der Waals surface area (Å²) in [6.07, 6.45) is 12.5. The Morgan fingerprint density at radius 1 is 1.22 bits per heavy atom. The molecule has 102 valence electrons. The fourth-order valence-corrected chi connectivity index (χ4v) is 3.61. The van der Waals surface area contributed by atoms with E-state index in [2.05, 4.69) is 11.5 Å². The zero-order chi connectivity index (χ0) is 12.8. The third kappa shape index (κ3) is 3.44. The number of rotatable bonds is 5. The maximum atomic E-state index is 12.1. The van der Waals surface area contributed by atoms with E-state index < -0.39 is 0 Å². The monoisotopic (exact) mass is 249 g/mol. The van der Waals surface area contributed by atoms with Crippen molar-refractivity contribution in [2.45, 2.75) is 63.8 Å². The number of hydrogen-bond acceptors (Lipinski definition) is 2. The fraction of sp³-hybridized carbons (Fsp3) is 0.812. The number of piperidine rings is 1. The third-order valence-corrected chi connectivity index (χ3v) is 4.58. The maximum absolute atomic E-state index is 12.1. The van der Waals surface area contributed by atoms with Gasteiger partial charge in [0.2, 0.25) is 0 Å². The van der Waals surface area contributed by atoms with E-state index in [1.807, 2.05) is 6.08 Å². The molecule has 0 bridgehead atoms. The molecular weight excluding hydrogens is 222 g/mol. The lowest BCUT2D eigenvalue weighted by Gasteiger charge is -2.41. The first-order valence-corrected chi connectivity index (χ1v) is 7.70. The Labute approximate surface area is 111 Å². The zero-order valence-electron chi connectivity index (χ0n) is 11.6. The summed E-state index contributed by atoms with van der Waals surface area (Å²) in [5, 5.41) is 0. The molecule has 2 unspecified atom stereocenters. The van der Waals surface area contributed by atoms with Crippen LogP contribution in [0.3, 0.4) is 0 Å². The number of ketones is 1. The number of allylic oxidation sites excluding steroid dienone is 1. The molecule has 0 aromatic rings. The number of likely N-dealkylation sites (tertiary alicyclic amines) is 1. The predicted molar refractivity (Wildman–Crippen MR) is 75.6 cm³/mol. The highest BCUT2D eigenvalue weighted by Gasteiger charge is 2.34. The number of carbonyl (C=O) groups excluding carboxylic acids is 1. The Morgan fingerprint density at radius 3 is 2.83 bits per heavy atom. The molecule has 0 radical (unpaired) electrons. The first kappa shape index (κ1) is 13.8. The minimum Gasteiger partial charge on any atom is -0.300 e. The highest BCUT2D eigenvalue weighted by Crippen LogP contribution is 2.31. The summed E-state index contributed by atoms with van der Waals surface area (Å²) < 4.78 is 0. The molecule has 2 fully saturated rings. The summed E-state index contributed by atoms with van der Waals surface area (Å²) in [7, 11) is 0. The van der Waals surface area contributed by atoms with Crippen LogP contribution in [0.5, 0.6) is 0 Å². The van der Waals surface area contributed by atoms with Gasteiger partial charge in [0.25, 0.3) is 0 Å². The quantitative estimate of drug-likeness (QED) is 0.548. The van der Waals surface area contributed by atoms with Gasteiger partial charge in [-0.3, -0.25) is 9.69 Å². The first-order valence-electron chi connectivity index (χ1n) is 7.70. The van der Waals surface area contributed by atoms with Gasteiger partial charge in [0.1, 0.15) is 5.78 Å². The van der Waals surface area contributed by atoms with Gasteiger partial charge < -0.3 is 0 Å². The second-order valence-corrected chi connectivity index (χ2v) is 5.85. The van der Waals surface area contributed by atoms with E-state index in [0.717, 1.165) is 32.2 Å². The molecule has 18 heavy (non-hydrogen) atoms. The van der Waals surface area contributed by atoms with Gasteiger partial charge in [-0.1, -0.05) is 18.9 Å². The molecular formula is C16H27NO. The summed E-state index contributed by atoms with van der Waals surface area (Å²) >= 11 is 0.